The molecule has 2 nitrogen and oxygen atoms in total. The Kier molecular flexibility index (Phi) is 4.86. The van der Waals surface area contributed by atoms with Gasteiger partial charge in [-0.25, -0.2) is 4.39 Å². The highest BCUT2D eigenvalue weighted by Gasteiger charge is 2.21. The predicted octanol–water partition coefficient (Wildman–Crippen LogP) is 4.60. The van der Waals surface area contributed by atoms with Crippen molar-refractivity contribution in [1.82, 2.24) is 0 Å². The molecule has 2 N–H and O–H groups in total. The summed E-state index contributed by atoms with van der Waals surface area (Å²) < 4.78 is 19.2. The van der Waals surface area contributed by atoms with Crippen LogP contribution < -0.4 is 10.5 Å². The summed E-state index contributed by atoms with van der Waals surface area (Å²) in [7, 11) is 0. The van der Waals surface area contributed by atoms with E-state index in [1.165, 1.54) is 12.1 Å². The lowest BCUT2D eigenvalue weighted by Crippen LogP contribution is -2.29. The fourth-order valence-electron chi connectivity index (χ4n) is 1.86. The van der Waals surface area contributed by atoms with Crippen molar-refractivity contribution in [2.45, 2.75) is 19.1 Å². The number of benzene rings is 2. The van der Waals surface area contributed by atoms with Crippen molar-refractivity contribution in [1.29, 1.82) is 0 Å². The van der Waals surface area contributed by atoms with Crippen molar-refractivity contribution < 1.29 is 9.13 Å². The van der Waals surface area contributed by atoms with Crippen molar-refractivity contribution in [2.75, 3.05) is 0 Å². The largest absolute Gasteiger partial charge is 0.484 e. The van der Waals surface area contributed by atoms with Crippen LogP contribution in [0.5, 0.6) is 5.75 Å². The maximum Gasteiger partial charge on any atom is 0.145 e. The van der Waals surface area contributed by atoms with Crippen LogP contribution in [0.1, 0.15) is 18.6 Å². The van der Waals surface area contributed by atoms with Crippen LogP contribution in [0.2, 0.25) is 10.0 Å². The average Bonchev–Trinajstić information content (AvgIpc) is 2.41. The summed E-state index contributed by atoms with van der Waals surface area (Å²) in [4.78, 5) is 0. The summed E-state index contributed by atoms with van der Waals surface area (Å²) in [6.45, 7) is 1.81. The van der Waals surface area contributed by atoms with Gasteiger partial charge in [0.25, 0.3) is 0 Å². The molecule has 0 saturated heterocycles. The van der Waals surface area contributed by atoms with Gasteiger partial charge in [0.05, 0.1) is 5.02 Å². The quantitative estimate of drug-likeness (QED) is 0.895. The molecule has 0 aromatic heterocycles. The Balaban J connectivity index is 2.31. The fourth-order valence-corrected chi connectivity index (χ4v) is 2.22. The Labute approximate surface area is 127 Å². The van der Waals surface area contributed by atoms with Crippen molar-refractivity contribution in [3.05, 3.63) is 63.9 Å². The van der Waals surface area contributed by atoms with E-state index in [4.69, 9.17) is 33.7 Å². The highest BCUT2D eigenvalue weighted by Crippen LogP contribution is 2.30. The van der Waals surface area contributed by atoms with E-state index in [9.17, 15) is 4.39 Å². The average molecular weight is 314 g/mol. The molecule has 20 heavy (non-hydrogen) atoms. The molecule has 0 bridgehead atoms. The van der Waals surface area contributed by atoms with Crippen molar-refractivity contribution >= 4 is 23.2 Å². The zero-order valence-electron chi connectivity index (χ0n) is 10.8. The Morgan fingerprint density at radius 1 is 1.10 bits per heavy atom. The van der Waals surface area contributed by atoms with Crippen LogP contribution in [-0.4, -0.2) is 6.04 Å². The first-order chi connectivity index (χ1) is 9.49. The second-order valence-corrected chi connectivity index (χ2v) is 5.31. The van der Waals surface area contributed by atoms with Gasteiger partial charge in [0.15, 0.2) is 0 Å². The normalized spacial score (nSPS) is 13.8. The monoisotopic (exact) mass is 313 g/mol. The molecule has 0 radical (unpaired) electrons. The van der Waals surface area contributed by atoms with E-state index in [0.29, 0.717) is 10.8 Å². The van der Waals surface area contributed by atoms with Crippen LogP contribution in [0.4, 0.5) is 4.39 Å². The topological polar surface area (TPSA) is 35.2 Å². The van der Waals surface area contributed by atoms with Gasteiger partial charge < -0.3 is 10.5 Å². The van der Waals surface area contributed by atoms with E-state index in [2.05, 4.69) is 0 Å². The smallest absolute Gasteiger partial charge is 0.145 e. The molecule has 0 spiro atoms. The van der Waals surface area contributed by atoms with Crippen LogP contribution in [0.3, 0.4) is 0 Å². The summed E-state index contributed by atoms with van der Waals surface area (Å²) >= 11 is 11.8. The van der Waals surface area contributed by atoms with Crippen LogP contribution >= 0.6 is 23.2 Å². The molecule has 2 atom stereocenters. The second kappa shape index (κ2) is 6.44. The number of rotatable bonds is 4. The van der Waals surface area contributed by atoms with Gasteiger partial charge in [-0.2, -0.15) is 0 Å². The highest BCUT2D eigenvalue weighted by atomic mass is 35.5. The molecule has 106 valence electrons. The van der Waals surface area contributed by atoms with Gasteiger partial charge in [0, 0.05) is 22.7 Å². The van der Waals surface area contributed by atoms with Crippen LogP contribution in [-0.2, 0) is 0 Å². The van der Waals surface area contributed by atoms with Gasteiger partial charge in [-0.15, -0.1) is 0 Å². The summed E-state index contributed by atoms with van der Waals surface area (Å²) in [5.74, 6) is -0.180. The van der Waals surface area contributed by atoms with Gasteiger partial charge in [-0.1, -0.05) is 41.4 Å². The van der Waals surface area contributed by atoms with Crippen molar-refractivity contribution in [3.8, 4) is 5.75 Å². The molecule has 0 heterocycles. The first-order valence-electron chi connectivity index (χ1n) is 6.10. The first-order valence-corrected chi connectivity index (χ1v) is 6.86. The van der Waals surface area contributed by atoms with E-state index < -0.39 is 11.9 Å². The van der Waals surface area contributed by atoms with Crippen LogP contribution in [0.25, 0.3) is 0 Å². The highest BCUT2D eigenvalue weighted by molar-refractivity contribution is 6.31. The molecule has 0 fully saturated rings. The minimum atomic E-state index is -0.535. The molecule has 5 heteroatoms. The molecular formula is C15H14Cl2FNO. The zero-order chi connectivity index (χ0) is 14.7. The molecule has 2 unspecified atom stereocenters. The number of hydrogen-bond donors (Lipinski definition) is 1. The third kappa shape index (κ3) is 3.42. The molecule has 2 aromatic rings. The van der Waals surface area contributed by atoms with Gasteiger partial charge in [-0.05, 0) is 25.1 Å². The third-order valence-corrected chi connectivity index (χ3v) is 3.49. The SMILES string of the molecule is CC(N)C(Oc1ccc(Cl)c(F)c1)c1ccccc1Cl. The minimum absolute atomic E-state index is 0.0486. The molecule has 0 aliphatic rings. The maximum atomic E-state index is 13.4. The lowest BCUT2D eigenvalue weighted by atomic mass is 10.0. The Bertz CT molecular complexity index is 604. The number of halogens is 3. The first kappa shape index (κ1) is 15.1. The van der Waals surface area contributed by atoms with E-state index in [0.717, 1.165) is 5.56 Å². The van der Waals surface area contributed by atoms with Gasteiger partial charge in [0.1, 0.15) is 17.7 Å². The second-order valence-electron chi connectivity index (χ2n) is 4.49. The van der Waals surface area contributed by atoms with E-state index in [1.807, 2.05) is 18.2 Å². The van der Waals surface area contributed by atoms with Crippen LogP contribution in [0.15, 0.2) is 42.5 Å². The standard InChI is InChI=1S/C15H14Cl2FNO/c1-9(19)15(11-4-2-3-5-12(11)16)20-10-6-7-13(17)14(18)8-10/h2-9,15H,19H2,1H3. The fraction of sp³-hybridized carbons (Fsp3) is 0.200. The van der Waals surface area contributed by atoms with E-state index in [-0.39, 0.29) is 11.1 Å². The molecule has 0 saturated carbocycles. The summed E-state index contributed by atoms with van der Waals surface area (Å²) in [5, 5.41) is 0.608. The molecule has 0 aliphatic heterocycles. The van der Waals surface area contributed by atoms with Crippen LogP contribution in [0, 0.1) is 5.82 Å². The molecule has 2 rings (SSSR count). The summed E-state index contributed by atoms with van der Waals surface area (Å²) in [5.41, 5.74) is 6.71. The molecular weight excluding hydrogens is 300 g/mol. The van der Waals surface area contributed by atoms with Crippen molar-refractivity contribution in [2.24, 2.45) is 5.73 Å². The lowest BCUT2D eigenvalue weighted by Gasteiger charge is -2.24. The summed E-state index contributed by atoms with van der Waals surface area (Å²) in [6.07, 6.45) is -0.468. The Morgan fingerprint density at radius 2 is 1.80 bits per heavy atom. The Hall–Kier alpha value is -1.29. The Morgan fingerprint density at radius 3 is 2.40 bits per heavy atom. The third-order valence-electron chi connectivity index (χ3n) is 2.84. The van der Waals surface area contributed by atoms with E-state index in [1.54, 1.807) is 19.1 Å². The summed E-state index contributed by atoms with van der Waals surface area (Å²) in [6, 6.07) is 11.2. The maximum absolute atomic E-state index is 13.4. The molecule has 0 amide bonds. The predicted molar refractivity (Wildman–Crippen MR) is 79.9 cm³/mol. The lowest BCUT2D eigenvalue weighted by molar-refractivity contribution is 0.180. The van der Waals surface area contributed by atoms with Gasteiger partial charge in [0.2, 0.25) is 0 Å². The minimum Gasteiger partial charge on any atom is -0.484 e. The van der Waals surface area contributed by atoms with Gasteiger partial charge >= 0.3 is 0 Å². The zero-order valence-corrected chi connectivity index (χ0v) is 12.3. The van der Waals surface area contributed by atoms with Crippen molar-refractivity contribution in [3.63, 3.8) is 0 Å². The molecule has 0 aliphatic carbocycles. The van der Waals surface area contributed by atoms with Gasteiger partial charge in [-0.3, -0.25) is 0 Å². The number of hydrogen-bond acceptors (Lipinski definition) is 2. The number of ether oxygens (including phenoxy) is 1. The number of nitrogens with two attached hydrogens (primary N) is 1. The molecule has 2 aromatic carbocycles. The van der Waals surface area contributed by atoms with E-state index >= 15 is 0 Å².